The number of benzene rings is 2. The van der Waals surface area contributed by atoms with E-state index in [0.29, 0.717) is 6.42 Å². The summed E-state index contributed by atoms with van der Waals surface area (Å²) in [6, 6.07) is 14.0. The van der Waals surface area contributed by atoms with Crippen molar-refractivity contribution in [1.82, 2.24) is 0 Å². The standard InChI is InChI=1S/C20H24FN3O2/c1-26-19-8-4-17(5-9-19)22-20(25)10-11-23-12-14-24(15-13-23)18-6-2-16(21)3-7-18/h2-9H,10-15H2,1H3,(H,22,25)/p+1. The molecule has 0 saturated carbocycles. The topological polar surface area (TPSA) is 46.0 Å². The number of ether oxygens (including phenoxy) is 1. The third-order valence-corrected chi connectivity index (χ3v) is 4.74. The highest BCUT2D eigenvalue weighted by Gasteiger charge is 2.20. The van der Waals surface area contributed by atoms with Crippen molar-refractivity contribution in [2.75, 3.05) is 50.1 Å². The fraction of sp³-hybridized carbons (Fsp3) is 0.350. The number of halogens is 1. The molecule has 1 fully saturated rings. The van der Waals surface area contributed by atoms with Crippen LogP contribution in [0.3, 0.4) is 0 Å². The predicted molar refractivity (Wildman–Crippen MR) is 100 cm³/mol. The van der Waals surface area contributed by atoms with Crippen LogP contribution in [0.4, 0.5) is 15.8 Å². The lowest BCUT2D eigenvalue weighted by Crippen LogP contribution is -3.15. The Labute approximate surface area is 153 Å². The molecule has 1 amide bonds. The maximum Gasteiger partial charge on any atom is 0.230 e. The molecule has 0 aromatic heterocycles. The van der Waals surface area contributed by atoms with Crippen molar-refractivity contribution in [3.05, 3.63) is 54.3 Å². The molecule has 5 nitrogen and oxygen atoms in total. The van der Waals surface area contributed by atoms with E-state index in [1.807, 2.05) is 36.4 Å². The molecule has 1 saturated heterocycles. The van der Waals surface area contributed by atoms with E-state index in [0.717, 1.165) is 49.8 Å². The molecule has 0 bridgehead atoms. The van der Waals surface area contributed by atoms with E-state index in [1.54, 1.807) is 7.11 Å². The molecule has 2 N–H and O–H groups in total. The molecule has 6 heteroatoms. The van der Waals surface area contributed by atoms with Crippen molar-refractivity contribution in [2.24, 2.45) is 0 Å². The molecule has 1 heterocycles. The number of amides is 1. The molecular weight excluding hydrogens is 333 g/mol. The van der Waals surface area contributed by atoms with Crippen molar-refractivity contribution >= 4 is 17.3 Å². The molecular formula is C20H25FN3O2+. The Balaban J connectivity index is 1.40. The Bertz CT molecular complexity index is 711. The third-order valence-electron chi connectivity index (χ3n) is 4.74. The maximum atomic E-state index is 13.0. The van der Waals surface area contributed by atoms with E-state index in [1.165, 1.54) is 17.0 Å². The highest BCUT2D eigenvalue weighted by atomic mass is 19.1. The summed E-state index contributed by atoms with van der Waals surface area (Å²) >= 11 is 0. The van der Waals surface area contributed by atoms with Crippen molar-refractivity contribution in [2.45, 2.75) is 6.42 Å². The van der Waals surface area contributed by atoms with Crippen LogP contribution >= 0.6 is 0 Å². The average Bonchev–Trinajstić information content (AvgIpc) is 2.68. The van der Waals surface area contributed by atoms with Gasteiger partial charge in [0.25, 0.3) is 0 Å². The molecule has 3 rings (SSSR count). The number of nitrogens with zero attached hydrogens (tertiary/aromatic N) is 1. The van der Waals surface area contributed by atoms with Gasteiger partial charge >= 0.3 is 0 Å². The first-order chi connectivity index (χ1) is 12.6. The second kappa shape index (κ2) is 8.67. The van der Waals surface area contributed by atoms with E-state index < -0.39 is 0 Å². The lowest BCUT2D eigenvalue weighted by Gasteiger charge is -2.33. The molecule has 0 atom stereocenters. The molecule has 0 aliphatic carbocycles. The summed E-state index contributed by atoms with van der Waals surface area (Å²) in [5, 5.41) is 2.92. The van der Waals surface area contributed by atoms with Gasteiger partial charge in [0.2, 0.25) is 5.91 Å². The number of hydrogen-bond donors (Lipinski definition) is 2. The van der Waals surface area contributed by atoms with Gasteiger partial charge in [-0.25, -0.2) is 4.39 Å². The van der Waals surface area contributed by atoms with Gasteiger partial charge in [-0.15, -0.1) is 0 Å². The lowest BCUT2D eigenvalue weighted by molar-refractivity contribution is -0.900. The third kappa shape index (κ3) is 4.95. The van der Waals surface area contributed by atoms with Gasteiger partial charge < -0.3 is 19.9 Å². The van der Waals surface area contributed by atoms with Crippen LogP contribution in [0.1, 0.15) is 6.42 Å². The molecule has 26 heavy (non-hydrogen) atoms. The molecule has 0 radical (unpaired) electrons. The molecule has 0 unspecified atom stereocenters. The van der Waals surface area contributed by atoms with Crippen LogP contribution in [-0.2, 0) is 4.79 Å². The van der Waals surface area contributed by atoms with Gasteiger partial charge in [0.1, 0.15) is 11.6 Å². The van der Waals surface area contributed by atoms with Crippen LogP contribution in [-0.4, -0.2) is 45.7 Å². The molecule has 1 aliphatic rings. The zero-order valence-electron chi connectivity index (χ0n) is 15.0. The van der Waals surface area contributed by atoms with Crippen molar-refractivity contribution in [3.63, 3.8) is 0 Å². The number of piperazine rings is 1. The maximum absolute atomic E-state index is 13.0. The fourth-order valence-electron chi connectivity index (χ4n) is 3.17. The van der Waals surface area contributed by atoms with Crippen LogP contribution in [0.25, 0.3) is 0 Å². The monoisotopic (exact) mass is 358 g/mol. The Kier molecular flexibility index (Phi) is 6.07. The van der Waals surface area contributed by atoms with E-state index in [2.05, 4.69) is 10.2 Å². The Hall–Kier alpha value is -2.60. The summed E-state index contributed by atoms with van der Waals surface area (Å²) in [5.74, 6) is 0.594. The molecule has 2 aromatic rings. The summed E-state index contributed by atoms with van der Waals surface area (Å²) in [5.41, 5.74) is 1.84. The number of carbonyl (C=O) groups excluding carboxylic acids is 1. The number of anilines is 2. The quantitative estimate of drug-likeness (QED) is 0.824. The van der Waals surface area contributed by atoms with Crippen LogP contribution in [0.15, 0.2) is 48.5 Å². The van der Waals surface area contributed by atoms with Gasteiger partial charge in [0, 0.05) is 11.4 Å². The van der Waals surface area contributed by atoms with Gasteiger partial charge in [-0.3, -0.25) is 4.79 Å². The van der Waals surface area contributed by atoms with Gasteiger partial charge in [-0.1, -0.05) is 0 Å². The summed E-state index contributed by atoms with van der Waals surface area (Å²) in [4.78, 5) is 15.8. The van der Waals surface area contributed by atoms with Gasteiger partial charge in [-0.05, 0) is 48.5 Å². The predicted octanol–water partition coefficient (Wildman–Crippen LogP) is 1.57. The highest BCUT2D eigenvalue weighted by Crippen LogP contribution is 2.15. The van der Waals surface area contributed by atoms with Gasteiger partial charge in [0.05, 0.1) is 46.3 Å². The minimum Gasteiger partial charge on any atom is -0.497 e. The largest absolute Gasteiger partial charge is 0.497 e. The van der Waals surface area contributed by atoms with Crippen molar-refractivity contribution < 1.29 is 18.8 Å². The highest BCUT2D eigenvalue weighted by molar-refractivity contribution is 5.90. The first-order valence-corrected chi connectivity index (χ1v) is 8.92. The first-order valence-electron chi connectivity index (χ1n) is 8.92. The zero-order valence-corrected chi connectivity index (χ0v) is 15.0. The lowest BCUT2D eigenvalue weighted by atomic mass is 10.2. The van der Waals surface area contributed by atoms with E-state index >= 15 is 0 Å². The van der Waals surface area contributed by atoms with Crippen molar-refractivity contribution in [3.8, 4) is 5.75 Å². The summed E-state index contributed by atoms with van der Waals surface area (Å²) in [7, 11) is 1.62. The molecule has 138 valence electrons. The summed E-state index contributed by atoms with van der Waals surface area (Å²) in [6.07, 6.45) is 0.498. The zero-order chi connectivity index (χ0) is 18.4. The SMILES string of the molecule is COc1ccc(NC(=O)CC[NH+]2CCN(c3ccc(F)cc3)CC2)cc1. The fourth-order valence-corrected chi connectivity index (χ4v) is 3.17. The summed E-state index contributed by atoms with van der Waals surface area (Å²) < 4.78 is 18.1. The van der Waals surface area contributed by atoms with E-state index in [4.69, 9.17) is 4.74 Å². The number of rotatable bonds is 6. The molecule has 0 spiro atoms. The minimum absolute atomic E-state index is 0.0311. The number of nitrogens with one attached hydrogen (secondary N) is 2. The number of quaternary nitrogens is 1. The van der Waals surface area contributed by atoms with Gasteiger partial charge in [0.15, 0.2) is 0 Å². The second-order valence-electron chi connectivity index (χ2n) is 6.49. The summed E-state index contributed by atoms with van der Waals surface area (Å²) in [6.45, 7) is 4.61. The Morgan fingerprint density at radius 3 is 2.38 bits per heavy atom. The smallest absolute Gasteiger partial charge is 0.230 e. The van der Waals surface area contributed by atoms with E-state index in [9.17, 15) is 9.18 Å². The average molecular weight is 358 g/mol. The van der Waals surface area contributed by atoms with Crippen LogP contribution in [0, 0.1) is 5.82 Å². The normalized spacial score (nSPS) is 14.9. The molecule has 1 aliphatic heterocycles. The van der Waals surface area contributed by atoms with Crippen LogP contribution < -0.4 is 19.9 Å². The van der Waals surface area contributed by atoms with Crippen LogP contribution in [0.2, 0.25) is 0 Å². The minimum atomic E-state index is -0.208. The first kappa shape index (κ1) is 18.2. The second-order valence-corrected chi connectivity index (χ2v) is 6.49. The number of hydrogen-bond acceptors (Lipinski definition) is 3. The Morgan fingerprint density at radius 2 is 1.77 bits per heavy atom. The molecule has 2 aromatic carbocycles. The van der Waals surface area contributed by atoms with E-state index in [-0.39, 0.29) is 11.7 Å². The number of methoxy groups -OCH3 is 1. The number of carbonyl (C=O) groups is 1. The van der Waals surface area contributed by atoms with Gasteiger partial charge in [-0.2, -0.15) is 0 Å². The van der Waals surface area contributed by atoms with Crippen LogP contribution in [0.5, 0.6) is 5.75 Å². The van der Waals surface area contributed by atoms with Crippen molar-refractivity contribution in [1.29, 1.82) is 0 Å². The Morgan fingerprint density at radius 1 is 1.12 bits per heavy atom.